The second kappa shape index (κ2) is 7.21. The Morgan fingerprint density at radius 1 is 1.38 bits per heavy atom. The van der Waals surface area contributed by atoms with Gasteiger partial charge in [0.05, 0.1) is 0 Å². The standard InChI is InChI=1S/C13H20ClNS/c1-10(2)7-12(15-3)9-16-13-6-4-5-11(14)8-13/h4-6,8,10,12,15H,7,9H2,1-3H3. The molecule has 3 heteroatoms. The van der Waals surface area contributed by atoms with Crippen molar-refractivity contribution in [2.24, 2.45) is 5.92 Å². The van der Waals surface area contributed by atoms with E-state index >= 15 is 0 Å². The molecular formula is C13H20ClNS. The minimum atomic E-state index is 0.573. The van der Waals surface area contributed by atoms with Crippen LogP contribution < -0.4 is 5.32 Å². The summed E-state index contributed by atoms with van der Waals surface area (Å²) in [5.41, 5.74) is 0. The summed E-state index contributed by atoms with van der Waals surface area (Å²) < 4.78 is 0. The lowest BCUT2D eigenvalue weighted by Crippen LogP contribution is -2.29. The lowest BCUT2D eigenvalue weighted by atomic mass is 10.1. The normalized spacial score (nSPS) is 13.1. The largest absolute Gasteiger partial charge is 0.316 e. The van der Waals surface area contributed by atoms with Gasteiger partial charge in [-0.25, -0.2) is 0 Å². The van der Waals surface area contributed by atoms with Gasteiger partial charge in [-0.3, -0.25) is 0 Å². The molecule has 0 fully saturated rings. The molecule has 0 amide bonds. The first-order valence-electron chi connectivity index (χ1n) is 5.67. The molecular weight excluding hydrogens is 238 g/mol. The molecule has 16 heavy (non-hydrogen) atoms. The van der Waals surface area contributed by atoms with Gasteiger partial charge in [0.15, 0.2) is 0 Å². The molecule has 0 aromatic heterocycles. The summed E-state index contributed by atoms with van der Waals surface area (Å²) in [5, 5.41) is 4.18. The Bertz CT molecular complexity index is 315. The Kier molecular flexibility index (Phi) is 6.25. The molecule has 0 bridgehead atoms. The molecule has 0 aliphatic rings. The third kappa shape index (κ3) is 5.24. The smallest absolute Gasteiger partial charge is 0.0417 e. The fourth-order valence-corrected chi connectivity index (χ4v) is 2.93. The van der Waals surface area contributed by atoms with E-state index in [4.69, 9.17) is 11.6 Å². The van der Waals surface area contributed by atoms with Gasteiger partial charge in [0.25, 0.3) is 0 Å². The van der Waals surface area contributed by atoms with Crippen molar-refractivity contribution in [3.63, 3.8) is 0 Å². The first-order chi connectivity index (χ1) is 7.61. The molecule has 1 rings (SSSR count). The van der Waals surface area contributed by atoms with Crippen molar-refractivity contribution in [2.45, 2.75) is 31.2 Å². The summed E-state index contributed by atoms with van der Waals surface area (Å²) in [4.78, 5) is 1.25. The predicted octanol–water partition coefficient (Wildman–Crippen LogP) is 4.07. The fourth-order valence-electron chi connectivity index (χ4n) is 1.59. The van der Waals surface area contributed by atoms with Gasteiger partial charge in [-0.1, -0.05) is 31.5 Å². The molecule has 0 radical (unpaired) electrons. The van der Waals surface area contributed by atoms with Crippen LogP contribution in [0.25, 0.3) is 0 Å². The SMILES string of the molecule is CNC(CSc1cccc(Cl)c1)CC(C)C. The van der Waals surface area contributed by atoms with Crippen LogP contribution in [0.4, 0.5) is 0 Å². The first kappa shape index (κ1) is 13.9. The van der Waals surface area contributed by atoms with Crippen LogP contribution >= 0.6 is 23.4 Å². The van der Waals surface area contributed by atoms with E-state index in [9.17, 15) is 0 Å². The highest BCUT2D eigenvalue weighted by molar-refractivity contribution is 7.99. The van der Waals surface area contributed by atoms with Crippen LogP contribution in [0.1, 0.15) is 20.3 Å². The Labute approximate surface area is 108 Å². The van der Waals surface area contributed by atoms with Crippen LogP contribution in [0.2, 0.25) is 5.02 Å². The number of nitrogens with one attached hydrogen (secondary N) is 1. The van der Waals surface area contributed by atoms with E-state index in [0.717, 1.165) is 16.7 Å². The Morgan fingerprint density at radius 3 is 2.69 bits per heavy atom. The number of rotatable bonds is 6. The second-order valence-corrected chi connectivity index (χ2v) is 5.91. The van der Waals surface area contributed by atoms with E-state index in [0.29, 0.717) is 6.04 Å². The highest BCUT2D eigenvalue weighted by Crippen LogP contribution is 2.23. The number of benzene rings is 1. The van der Waals surface area contributed by atoms with Crippen molar-refractivity contribution in [3.8, 4) is 0 Å². The average molecular weight is 258 g/mol. The van der Waals surface area contributed by atoms with Crippen LogP contribution in [-0.4, -0.2) is 18.8 Å². The Hall–Kier alpha value is -0.180. The van der Waals surface area contributed by atoms with E-state index in [1.807, 2.05) is 37.0 Å². The van der Waals surface area contributed by atoms with E-state index in [1.54, 1.807) is 0 Å². The Balaban J connectivity index is 2.43. The van der Waals surface area contributed by atoms with Crippen LogP contribution in [0.15, 0.2) is 29.2 Å². The summed E-state index contributed by atoms with van der Waals surface area (Å²) in [6, 6.07) is 8.62. The van der Waals surface area contributed by atoms with E-state index in [2.05, 4.69) is 25.2 Å². The maximum absolute atomic E-state index is 5.95. The summed E-state index contributed by atoms with van der Waals surface area (Å²) >= 11 is 7.81. The number of halogens is 1. The summed E-state index contributed by atoms with van der Waals surface area (Å²) in [7, 11) is 2.03. The lowest BCUT2D eigenvalue weighted by Gasteiger charge is -2.17. The van der Waals surface area contributed by atoms with Crippen LogP contribution in [0.3, 0.4) is 0 Å². The van der Waals surface area contributed by atoms with Gasteiger partial charge in [-0.2, -0.15) is 0 Å². The van der Waals surface area contributed by atoms with E-state index < -0.39 is 0 Å². The van der Waals surface area contributed by atoms with Gasteiger partial charge in [-0.15, -0.1) is 11.8 Å². The molecule has 0 saturated heterocycles. The minimum absolute atomic E-state index is 0.573. The van der Waals surface area contributed by atoms with Crippen molar-refractivity contribution in [1.82, 2.24) is 5.32 Å². The zero-order valence-electron chi connectivity index (χ0n) is 10.2. The van der Waals surface area contributed by atoms with Crippen molar-refractivity contribution >= 4 is 23.4 Å². The van der Waals surface area contributed by atoms with Crippen molar-refractivity contribution in [1.29, 1.82) is 0 Å². The third-order valence-corrected chi connectivity index (χ3v) is 3.80. The predicted molar refractivity (Wildman–Crippen MR) is 74.5 cm³/mol. The third-order valence-electron chi connectivity index (χ3n) is 2.41. The molecule has 0 heterocycles. The number of thioether (sulfide) groups is 1. The molecule has 1 aromatic carbocycles. The highest BCUT2D eigenvalue weighted by Gasteiger charge is 2.08. The summed E-state index contributed by atoms with van der Waals surface area (Å²) in [5.74, 6) is 1.83. The molecule has 90 valence electrons. The zero-order valence-corrected chi connectivity index (χ0v) is 11.7. The van der Waals surface area contributed by atoms with Gasteiger partial charge < -0.3 is 5.32 Å². The summed E-state index contributed by atoms with van der Waals surface area (Å²) in [6.45, 7) is 4.52. The quantitative estimate of drug-likeness (QED) is 0.772. The summed E-state index contributed by atoms with van der Waals surface area (Å²) in [6.07, 6.45) is 1.21. The number of hydrogen-bond acceptors (Lipinski definition) is 2. The molecule has 1 atom stereocenters. The van der Waals surface area contributed by atoms with Gasteiger partial charge in [0.2, 0.25) is 0 Å². The second-order valence-electron chi connectivity index (χ2n) is 4.38. The molecule has 1 unspecified atom stereocenters. The van der Waals surface area contributed by atoms with Crippen molar-refractivity contribution in [3.05, 3.63) is 29.3 Å². The van der Waals surface area contributed by atoms with Crippen molar-refractivity contribution < 1.29 is 0 Å². The zero-order chi connectivity index (χ0) is 12.0. The monoisotopic (exact) mass is 257 g/mol. The van der Waals surface area contributed by atoms with Crippen LogP contribution in [0, 0.1) is 5.92 Å². The van der Waals surface area contributed by atoms with Crippen LogP contribution in [-0.2, 0) is 0 Å². The minimum Gasteiger partial charge on any atom is -0.316 e. The topological polar surface area (TPSA) is 12.0 Å². The lowest BCUT2D eigenvalue weighted by molar-refractivity contribution is 0.474. The van der Waals surface area contributed by atoms with Gasteiger partial charge in [-0.05, 0) is 37.6 Å². The fraction of sp³-hybridized carbons (Fsp3) is 0.538. The molecule has 1 nitrogen and oxygen atoms in total. The average Bonchev–Trinajstić information content (AvgIpc) is 2.24. The highest BCUT2D eigenvalue weighted by atomic mass is 35.5. The molecule has 0 saturated carbocycles. The molecule has 1 N–H and O–H groups in total. The van der Waals surface area contributed by atoms with E-state index in [1.165, 1.54) is 11.3 Å². The molecule has 1 aromatic rings. The van der Waals surface area contributed by atoms with Gasteiger partial charge >= 0.3 is 0 Å². The Morgan fingerprint density at radius 2 is 2.12 bits per heavy atom. The van der Waals surface area contributed by atoms with Crippen LogP contribution in [0.5, 0.6) is 0 Å². The molecule has 0 aliphatic heterocycles. The molecule has 0 spiro atoms. The maximum atomic E-state index is 5.95. The first-order valence-corrected chi connectivity index (χ1v) is 7.03. The van der Waals surface area contributed by atoms with Crippen molar-refractivity contribution in [2.75, 3.05) is 12.8 Å². The van der Waals surface area contributed by atoms with Gasteiger partial charge in [0, 0.05) is 21.7 Å². The van der Waals surface area contributed by atoms with E-state index in [-0.39, 0.29) is 0 Å². The van der Waals surface area contributed by atoms with Gasteiger partial charge in [0.1, 0.15) is 0 Å². The molecule has 0 aliphatic carbocycles. The maximum Gasteiger partial charge on any atom is 0.0417 e. The number of hydrogen-bond donors (Lipinski definition) is 1.